The van der Waals surface area contributed by atoms with E-state index in [4.69, 9.17) is 33.3 Å². The third kappa shape index (κ3) is 3.97. The number of benzene rings is 2. The van der Waals surface area contributed by atoms with E-state index in [1.54, 1.807) is 25.2 Å². The number of fused-ring (bicyclic) bond motifs is 2. The van der Waals surface area contributed by atoms with Crippen LogP contribution in [0.1, 0.15) is 6.92 Å². The average Bonchev–Trinajstić information content (AvgIpc) is 2.85. The first-order chi connectivity index (χ1) is 17.1. The van der Waals surface area contributed by atoms with Crippen molar-refractivity contribution in [1.29, 1.82) is 5.41 Å². The number of aliphatic hydroxyl groups is 1. The van der Waals surface area contributed by atoms with Crippen molar-refractivity contribution in [3.8, 4) is 11.4 Å². The van der Waals surface area contributed by atoms with E-state index in [2.05, 4.69) is 15.3 Å². The molecule has 10 nitrogen and oxygen atoms in total. The molecule has 4 aromatic rings. The number of halogens is 2. The van der Waals surface area contributed by atoms with Gasteiger partial charge in [0.25, 0.3) is 0 Å². The van der Waals surface area contributed by atoms with E-state index in [0.29, 0.717) is 23.4 Å². The molecule has 2 aromatic carbocycles. The molecule has 0 aliphatic carbocycles. The molecule has 0 saturated heterocycles. The lowest BCUT2D eigenvalue weighted by Crippen LogP contribution is -2.50. The summed E-state index contributed by atoms with van der Waals surface area (Å²) in [4.78, 5) is 24.1. The highest BCUT2D eigenvalue weighted by Gasteiger charge is 2.34. The lowest BCUT2D eigenvalue weighted by molar-refractivity contribution is 0.0250. The van der Waals surface area contributed by atoms with Crippen molar-refractivity contribution in [2.75, 3.05) is 30.4 Å². The lowest BCUT2D eigenvalue weighted by atomic mass is 10.0. The molecular weight excluding hydrogens is 505 g/mol. The molecule has 0 saturated carbocycles. The number of likely N-dealkylation sites (N-methyl/N-ethyl adjacent to an activating group) is 1. The summed E-state index contributed by atoms with van der Waals surface area (Å²) in [7, 11) is 3.49. The number of hydrogen-bond acceptors (Lipinski definition) is 8. The van der Waals surface area contributed by atoms with Crippen molar-refractivity contribution in [3.63, 3.8) is 0 Å². The Morgan fingerprint density at radius 1 is 1.22 bits per heavy atom. The summed E-state index contributed by atoms with van der Waals surface area (Å²) in [6, 6.07) is 10.4. The van der Waals surface area contributed by atoms with Crippen LogP contribution in [0, 0.1) is 5.41 Å². The van der Waals surface area contributed by atoms with Gasteiger partial charge in [-0.2, -0.15) is 4.98 Å². The van der Waals surface area contributed by atoms with Crippen molar-refractivity contribution >= 4 is 51.6 Å². The fourth-order valence-corrected chi connectivity index (χ4v) is 4.86. The monoisotopic (exact) mass is 527 g/mol. The molecule has 2 aromatic heterocycles. The number of aryl methyl sites for hydroxylation is 1. The molecule has 186 valence electrons. The molecular formula is C24H23Cl2N7O3. The molecule has 5 rings (SSSR count). The number of ether oxygens (including phenoxy) is 1. The quantitative estimate of drug-likeness (QED) is 0.372. The zero-order valence-corrected chi connectivity index (χ0v) is 21.2. The molecule has 1 aliphatic rings. The van der Waals surface area contributed by atoms with Gasteiger partial charge >= 0.3 is 5.69 Å². The van der Waals surface area contributed by atoms with Gasteiger partial charge in [-0.05, 0) is 37.3 Å². The van der Waals surface area contributed by atoms with Gasteiger partial charge in [0.15, 0.2) is 5.65 Å². The van der Waals surface area contributed by atoms with E-state index in [9.17, 15) is 9.90 Å². The first-order valence-corrected chi connectivity index (χ1v) is 11.8. The van der Waals surface area contributed by atoms with Gasteiger partial charge in [-0.15, -0.1) is 0 Å². The summed E-state index contributed by atoms with van der Waals surface area (Å²) in [5.74, 6) is 0.916. The fraction of sp³-hybridized carbons (Fsp3) is 0.250. The fourth-order valence-electron chi connectivity index (χ4n) is 4.30. The molecule has 0 amide bonds. The van der Waals surface area contributed by atoms with Crippen LogP contribution in [-0.2, 0) is 7.05 Å². The van der Waals surface area contributed by atoms with Crippen molar-refractivity contribution in [1.82, 2.24) is 19.1 Å². The van der Waals surface area contributed by atoms with Gasteiger partial charge in [-0.3, -0.25) is 9.98 Å². The predicted molar refractivity (Wildman–Crippen MR) is 139 cm³/mol. The normalized spacial score (nSPS) is 17.1. The summed E-state index contributed by atoms with van der Waals surface area (Å²) in [6.07, 6.45) is 1.48. The number of rotatable bonds is 4. The van der Waals surface area contributed by atoms with Crippen LogP contribution in [0.4, 0.5) is 17.3 Å². The highest BCUT2D eigenvalue weighted by atomic mass is 35.5. The lowest BCUT2D eigenvalue weighted by Gasteiger charge is -2.40. The van der Waals surface area contributed by atoms with Gasteiger partial charge in [-0.25, -0.2) is 14.3 Å². The molecule has 36 heavy (non-hydrogen) atoms. The van der Waals surface area contributed by atoms with E-state index >= 15 is 0 Å². The number of aromatic nitrogens is 4. The molecule has 0 fully saturated rings. The third-order valence-electron chi connectivity index (χ3n) is 6.09. The van der Waals surface area contributed by atoms with E-state index in [1.165, 1.54) is 10.8 Å². The number of nitrogens with one attached hydrogen (secondary N) is 2. The number of hydrogen-bond donors (Lipinski definition) is 3. The van der Waals surface area contributed by atoms with Crippen LogP contribution in [0.5, 0.6) is 5.75 Å². The molecule has 0 spiro atoms. The molecule has 0 radical (unpaired) electrons. The van der Waals surface area contributed by atoms with Crippen LogP contribution in [0.3, 0.4) is 0 Å². The molecule has 1 aliphatic heterocycles. The van der Waals surface area contributed by atoms with Gasteiger partial charge in [-0.1, -0.05) is 29.3 Å². The van der Waals surface area contributed by atoms with Crippen molar-refractivity contribution in [2.45, 2.75) is 12.5 Å². The summed E-state index contributed by atoms with van der Waals surface area (Å²) in [6.45, 7) is 2.28. The smallest absolute Gasteiger partial charge is 0.335 e. The third-order valence-corrected chi connectivity index (χ3v) is 6.70. The molecule has 1 atom stereocenters. The van der Waals surface area contributed by atoms with E-state index in [0.717, 1.165) is 10.3 Å². The second kappa shape index (κ2) is 8.81. The van der Waals surface area contributed by atoms with Crippen molar-refractivity contribution in [2.24, 2.45) is 7.05 Å². The van der Waals surface area contributed by atoms with Crippen molar-refractivity contribution in [3.05, 3.63) is 68.6 Å². The summed E-state index contributed by atoms with van der Waals surface area (Å²) in [5, 5.41) is 22.3. The first-order valence-electron chi connectivity index (χ1n) is 11.0. The molecule has 0 bridgehead atoms. The largest absolute Gasteiger partial charge is 0.481 e. The van der Waals surface area contributed by atoms with Crippen LogP contribution in [0.25, 0.3) is 16.7 Å². The Kier molecular flexibility index (Phi) is 5.90. The number of aliphatic hydroxyl groups excluding tert-OH is 1. The maximum atomic E-state index is 13.2. The van der Waals surface area contributed by atoms with E-state index in [1.807, 2.05) is 37.1 Å². The summed E-state index contributed by atoms with van der Waals surface area (Å²) in [5.41, 5.74) is 0.737. The maximum absolute atomic E-state index is 13.2. The molecule has 1 unspecified atom stereocenters. The molecule has 3 N–H and O–H groups in total. The minimum Gasteiger partial charge on any atom is -0.481 e. The highest BCUT2D eigenvalue weighted by molar-refractivity contribution is 6.37. The maximum Gasteiger partial charge on any atom is 0.335 e. The summed E-state index contributed by atoms with van der Waals surface area (Å²) >= 11 is 12.6. The van der Waals surface area contributed by atoms with Crippen LogP contribution in [0.15, 0.2) is 47.4 Å². The predicted octanol–water partition coefficient (Wildman–Crippen LogP) is 3.23. The minimum absolute atomic E-state index is 0.0961. The standard InChI is InChI=1S/C24H23Cl2N7O3/c1-24(12-34)11-31(2)17-9-13(7-8-18(17)36-24)29-22-28-10-14-20(27)33(23(35)32(3)21(14)30-22)19-15(25)5-4-6-16(19)26/h4-10,27,34H,11-12H2,1-3H3,(H,28,29,30). The van der Waals surface area contributed by atoms with E-state index < -0.39 is 11.3 Å². The van der Waals surface area contributed by atoms with Gasteiger partial charge in [0.05, 0.1) is 40.0 Å². The average molecular weight is 528 g/mol. The van der Waals surface area contributed by atoms with Gasteiger partial charge in [0.1, 0.15) is 16.8 Å². The zero-order valence-electron chi connectivity index (χ0n) is 19.7. The van der Waals surface area contributed by atoms with Gasteiger partial charge < -0.3 is 20.1 Å². The minimum atomic E-state index is -0.679. The molecule has 12 heteroatoms. The second-order valence-corrected chi connectivity index (χ2v) is 9.71. The molecule has 3 heterocycles. The Morgan fingerprint density at radius 3 is 2.64 bits per heavy atom. The number of anilines is 3. The Bertz CT molecular complexity index is 1610. The Balaban J connectivity index is 1.55. The van der Waals surface area contributed by atoms with Crippen LogP contribution < -0.4 is 26.1 Å². The van der Waals surface area contributed by atoms with Crippen LogP contribution in [-0.4, -0.2) is 50.0 Å². The van der Waals surface area contributed by atoms with Crippen LogP contribution >= 0.6 is 23.2 Å². The van der Waals surface area contributed by atoms with Gasteiger partial charge in [0, 0.05) is 26.0 Å². The number of para-hydroxylation sites is 1. The first kappa shape index (κ1) is 24.1. The zero-order chi connectivity index (χ0) is 25.8. The SMILES string of the molecule is CN1CC(C)(CO)Oc2ccc(Nc3ncc4c(=N)n(-c5c(Cl)cccc5Cl)c(=O)n(C)c4n3)cc21. The van der Waals surface area contributed by atoms with Crippen molar-refractivity contribution < 1.29 is 9.84 Å². The Hall–Kier alpha value is -3.60. The highest BCUT2D eigenvalue weighted by Crippen LogP contribution is 2.38. The topological polar surface area (TPSA) is 121 Å². The Morgan fingerprint density at radius 2 is 1.94 bits per heavy atom. The van der Waals surface area contributed by atoms with E-state index in [-0.39, 0.29) is 39.4 Å². The number of nitrogens with zero attached hydrogens (tertiary/aromatic N) is 5. The van der Waals surface area contributed by atoms with Crippen LogP contribution in [0.2, 0.25) is 10.0 Å². The van der Waals surface area contributed by atoms with Gasteiger partial charge in [0.2, 0.25) is 5.95 Å². The Labute approximate surface area is 215 Å². The summed E-state index contributed by atoms with van der Waals surface area (Å²) < 4.78 is 8.44. The second-order valence-electron chi connectivity index (χ2n) is 8.90.